The Morgan fingerprint density at radius 1 is 1.29 bits per heavy atom. The Labute approximate surface area is 111 Å². The van der Waals surface area contributed by atoms with Crippen LogP contribution in [0.3, 0.4) is 0 Å². The Kier molecular flexibility index (Phi) is 3.94. The van der Waals surface area contributed by atoms with Gasteiger partial charge in [-0.1, -0.05) is 28.1 Å². The van der Waals surface area contributed by atoms with Crippen LogP contribution in [0.15, 0.2) is 29.6 Å². The Hall–Kier alpha value is -0.740. The second-order valence-electron chi connectivity index (χ2n) is 3.85. The molecule has 1 heterocycles. The summed E-state index contributed by atoms with van der Waals surface area (Å²) in [5.74, 6) is -1.53. The molecular formula is C13H11BrF2S. The molecule has 0 amide bonds. The second kappa shape index (κ2) is 5.27. The maximum atomic E-state index is 13.5. The number of benzene rings is 1. The molecule has 0 N–H and O–H groups in total. The Morgan fingerprint density at radius 3 is 2.71 bits per heavy atom. The van der Waals surface area contributed by atoms with Gasteiger partial charge in [0.1, 0.15) is 0 Å². The number of alkyl halides is 1. The topological polar surface area (TPSA) is 0 Å². The molecule has 1 aromatic carbocycles. The molecule has 0 saturated heterocycles. The highest BCUT2D eigenvalue weighted by Gasteiger charge is 2.16. The summed E-state index contributed by atoms with van der Waals surface area (Å²) in [5, 5.41) is 2.00. The highest BCUT2D eigenvalue weighted by Crippen LogP contribution is 2.34. The van der Waals surface area contributed by atoms with Crippen molar-refractivity contribution in [2.75, 3.05) is 0 Å². The summed E-state index contributed by atoms with van der Waals surface area (Å²) in [6.07, 6.45) is 0.449. The Bertz CT molecular complexity index is 522. The van der Waals surface area contributed by atoms with E-state index in [9.17, 15) is 8.78 Å². The van der Waals surface area contributed by atoms with Crippen LogP contribution in [-0.2, 0) is 6.42 Å². The molecule has 2 aromatic rings. The molecule has 0 aliphatic carbocycles. The van der Waals surface area contributed by atoms with E-state index in [-0.39, 0.29) is 4.83 Å². The van der Waals surface area contributed by atoms with Crippen LogP contribution in [0.2, 0.25) is 0 Å². The molecule has 0 bridgehead atoms. The van der Waals surface area contributed by atoms with Crippen LogP contribution in [0.1, 0.15) is 20.8 Å². The first kappa shape index (κ1) is 12.7. The van der Waals surface area contributed by atoms with E-state index in [4.69, 9.17) is 0 Å². The average Bonchev–Trinajstić information content (AvgIpc) is 2.71. The molecule has 0 radical (unpaired) electrons. The average molecular weight is 317 g/mol. The molecule has 0 nitrogen and oxygen atoms in total. The Balaban J connectivity index is 2.22. The van der Waals surface area contributed by atoms with Crippen LogP contribution >= 0.6 is 27.3 Å². The van der Waals surface area contributed by atoms with Crippen LogP contribution in [0.5, 0.6) is 0 Å². The van der Waals surface area contributed by atoms with Crippen molar-refractivity contribution >= 4 is 27.3 Å². The van der Waals surface area contributed by atoms with Crippen molar-refractivity contribution in [3.8, 4) is 0 Å². The predicted molar refractivity (Wildman–Crippen MR) is 70.8 cm³/mol. The van der Waals surface area contributed by atoms with E-state index in [2.05, 4.69) is 15.9 Å². The third kappa shape index (κ3) is 2.75. The van der Waals surface area contributed by atoms with Gasteiger partial charge < -0.3 is 0 Å². The Morgan fingerprint density at radius 2 is 2.06 bits per heavy atom. The number of aryl methyl sites for hydroxylation is 1. The SMILES string of the molecule is Cc1ccsc1C(Br)Cc1cccc(F)c1F. The third-order valence-electron chi connectivity index (χ3n) is 2.62. The monoisotopic (exact) mass is 316 g/mol. The van der Waals surface area contributed by atoms with Crippen molar-refractivity contribution in [1.29, 1.82) is 0 Å². The van der Waals surface area contributed by atoms with Crippen LogP contribution in [0.25, 0.3) is 0 Å². The standard InChI is InChI=1S/C13H11BrF2S/c1-8-5-6-17-13(8)10(14)7-9-3-2-4-11(15)12(9)16/h2-6,10H,7H2,1H3. The van der Waals surface area contributed by atoms with Crippen molar-refractivity contribution in [3.63, 3.8) is 0 Å². The van der Waals surface area contributed by atoms with Gasteiger partial charge in [0.25, 0.3) is 0 Å². The number of thiophene rings is 1. The lowest BCUT2D eigenvalue weighted by molar-refractivity contribution is 0.498. The van der Waals surface area contributed by atoms with E-state index in [0.29, 0.717) is 12.0 Å². The molecule has 0 aliphatic heterocycles. The van der Waals surface area contributed by atoms with Gasteiger partial charge in [-0.2, -0.15) is 0 Å². The summed E-state index contributed by atoms with van der Waals surface area (Å²) in [5.41, 5.74) is 1.58. The largest absolute Gasteiger partial charge is 0.204 e. The van der Waals surface area contributed by atoms with Crippen molar-refractivity contribution in [3.05, 3.63) is 57.3 Å². The van der Waals surface area contributed by atoms with E-state index < -0.39 is 11.6 Å². The van der Waals surface area contributed by atoms with Crippen molar-refractivity contribution < 1.29 is 8.78 Å². The lowest BCUT2D eigenvalue weighted by atomic mass is 10.1. The molecule has 1 atom stereocenters. The minimum Gasteiger partial charge on any atom is -0.204 e. The van der Waals surface area contributed by atoms with Gasteiger partial charge in [-0.3, -0.25) is 0 Å². The molecular weight excluding hydrogens is 306 g/mol. The zero-order valence-corrected chi connectivity index (χ0v) is 11.6. The van der Waals surface area contributed by atoms with Gasteiger partial charge in [-0.05, 0) is 42.0 Å². The molecule has 1 aromatic heterocycles. The highest BCUT2D eigenvalue weighted by molar-refractivity contribution is 9.09. The van der Waals surface area contributed by atoms with Gasteiger partial charge in [-0.15, -0.1) is 11.3 Å². The van der Waals surface area contributed by atoms with Gasteiger partial charge in [0.15, 0.2) is 11.6 Å². The summed E-state index contributed by atoms with van der Waals surface area (Å²) in [6.45, 7) is 2.02. The minimum absolute atomic E-state index is 0.0267. The van der Waals surface area contributed by atoms with Gasteiger partial charge in [-0.25, -0.2) is 8.78 Å². The van der Waals surface area contributed by atoms with E-state index in [1.807, 2.05) is 18.4 Å². The summed E-state index contributed by atoms with van der Waals surface area (Å²) in [6, 6.07) is 6.32. The van der Waals surface area contributed by atoms with Crippen molar-refractivity contribution in [2.45, 2.75) is 18.2 Å². The van der Waals surface area contributed by atoms with Gasteiger partial charge in [0.05, 0.1) is 4.83 Å². The minimum atomic E-state index is -0.787. The fraction of sp³-hybridized carbons (Fsp3) is 0.231. The molecule has 0 saturated carbocycles. The zero-order valence-electron chi connectivity index (χ0n) is 9.21. The maximum absolute atomic E-state index is 13.5. The fourth-order valence-corrected chi connectivity index (χ4v) is 3.63. The first-order chi connectivity index (χ1) is 8.09. The summed E-state index contributed by atoms with van der Waals surface area (Å²) < 4.78 is 26.6. The normalized spacial score (nSPS) is 12.7. The molecule has 2 rings (SSSR count). The fourth-order valence-electron chi connectivity index (χ4n) is 1.70. The molecule has 90 valence electrons. The smallest absolute Gasteiger partial charge is 0.162 e. The lowest BCUT2D eigenvalue weighted by Gasteiger charge is -2.10. The molecule has 0 aliphatic rings. The lowest BCUT2D eigenvalue weighted by Crippen LogP contribution is -1.99. The number of rotatable bonds is 3. The summed E-state index contributed by atoms with van der Waals surface area (Å²) in [4.78, 5) is 1.19. The molecule has 17 heavy (non-hydrogen) atoms. The highest BCUT2D eigenvalue weighted by atomic mass is 79.9. The van der Waals surface area contributed by atoms with Crippen LogP contribution in [0.4, 0.5) is 8.78 Å². The van der Waals surface area contributed by atoms with E-state index >= 15 is 0 Å². The predicted octanol–water partition coefficient (Wildman–Crippen LogP) is 5.01. The van der Waals surface area contributed by atoms with E-state index in [1.165, 1.54) is 11.6 Å². The first-order valence-corrected chi connectivity index (χ1v) is 7.00. The molecule has 0 spiro atoms. The van der Waals surface area contributed by atoms with Gasteiger partial charge in [0, 0.05) is 4.88 Å². The quantitative estimate of drug-likeness (QED) is 0.698. The van der Waals surface area contributed by atoms with Crippen LogP contribution < -0.4 is 0 Å². The number of hydrogen-bond donors (Lipinski definition) is 0. The summed E-state index contributed by atoms with van der Waals surface area (Å²) >= 11 is 5.16. The zero-order chi connectivity index (χ0) is 12.4. The third-order valence-corrected chi connectivity index (χ3v) is 4.83. The maximum Gasteiger partial charge on any atom is 0.162 e. The molecule has 0 fully saturated rings. The number of halogens is 3. The van der Waals surface area contributed by atoms with E-state index in [1.54, 1.807) is 17.4 Å². The number of hydrogen-bond acceptors (Lipinski definition) is 1. The second-order valence-corrected chi connectivity index (χ2v) is 5.91. The molecule has 1 unspecified atom stereocenters. The summed E-state index contributed by atoms with van der Waals surface area (Å²) in [7, 11) is 0. The van der Waals surface area contributed by atoms with Crippen molar-refractivity contribution in [1.82, 2.24) is 0 Å². The molecule has 4 heteroatoms. The van der Waals surface area contributed by atoms with Crippen LogP contribution in [-0.4, -0.2) is 0 Å². The van der Waals surface area contributed by atoms with Crippen LogP contribution in [0, 0.1) is 18.6 Å². The van der Waals surface area contributed by atoms with Gasteiger partial charge in [0.2, 0.25) is 0 Å². The van der Waals surface area contributed by atoms with E-state index in [0.717, 1.165) is 10.9 Å². The first-order valence-electron chi connectivity index (χ1n) is 5.20. The van der Waals surface area contributed by atoms with Gasteiger partial charge >= 0.3 is 0 Å². The van der Waals surface area contributed by atoms with Crippen molar-refractivity contribution in [2.24, 2.45) is 0 Å².